The molecule has 1 aromatic carbocycles. The maximum Gasteiger partial charge on any atom is 0.306 e. The second kappa shape index (κ2) is 6.68. The van der Waals surface area contributed by atoms with Crippen molar-refractivity contribution >= 4 is 22.6 Å². The van der Waals surface area contributed by atoms with Crippen molar-refractivity contribution in [1.29, 1.82) is 0 Å². The van der Waals surface area contributed by atoms with E-state index in [1.54, 1.807) is 19.1 Å². The van der Waals surface area contributed by atoms with Crippen LogP contribution < -0.4 is 11.3 Å². The number of carbonyl (C=O) groups is 1. The van der Waals surface area contributed by atoms with Crippen LogP contribution in [0.5, 0.6) is 0 Å². The van der Waals surface area contributed by atoms with Crippen LogP contribution in [0.2, 0.25) is 0 Å². The summed E-state index contributed by atoms with van der Waals surface area (Å²) in [4.78, 5) is 29.1. The van der Waals surface area contributed by atoms with E-state index < -0.39 is 30.2 Å². The Hall–Kier alpha value is -3.23. The highest BCUT2D eigenvalue weighted by molar-refractivity contribution is 5.92. The fourth-order valence-electron chi connectivity index (χ4n) is 4.05. The predicted molar refractivity (Wildman–Crippen MR) is 107 cm³/mol. The molecule has 1 aliphatic rings. The number of nitrogens with two attached hydrogens (primary N) is 1. The zero-order valence-corrected chi connectivity index (χ0v) is 15.8. The van der Waals surface area contributed by atoms with Crippen molar-refractivity contribution in [3.8, 4) is 11.4 Å². The van der Waals surface area contributed by atoms with E-state index in [9.17, 15) is 24.9 Å². The van der Waals surface area contributed by atoms with Crippen LogP contribution in [0.15, 0.2) is 35.1 Å². The van der Waals surface area contributed by atoms with Crippen molar-refractivity contribution in [2.75, 3.05) is 5.73 Å². The first-order valence-electron chi connectivity index (χ1n) is 9.29. The number of fused-ring (bicyclic) bond motifs is 4. The van der Waals surface area contributed by atoms with Crippen molar-refractivity contribution in [3.05, 3.63) is 57.4 Å². The third kappa shape index (κ3) is 2.88. The number of aliphatic carboxylic acids is 1. The molecule has 0 saturated heterocycles. The lowest BCUT2D eigenvalue weighted by atomic mass is 9.85. The molecule has 2 aromatic heterocycles. The van der Waals surface area contributed by atoms with Gasteiger partial charge in [0.15, 0.2) is 0 Å². The summed E-state index contributed by atoms with van der Waals surface area (Å²) in [6, 6.07) is 8.95. The van der Waals surface area contributed by atoms with Crippen molar-refractivity contribution in [2.45, 2.75) is 38.5 Å². The van der Waals surface area contributed by atoms with Gasteiger partial charge in [0.05, 0.1) is 42.2 Å². The molecule has 1 aliphatic heterocycles. The first-order chi connectivity index (χ1) is 13.8. The molecule has 3 aromatic rings. The predicted octanol–water partition coefficient (Wildman–Crippen LogP) is 1.57. The van der Waals surface area contributed by atoms with Crippen LogP contribution in [-0.4, -0.2) is 30.8 Å². The molecule has 8 heteroatoms. The number of anilines is 1. The standard InChI is InChI=1S/C21H21N3O5/c1-2-21(29,8-17(26)27)14-7-16-19-12(9-24(16)20(28)13(14)10-25)6-11-4-3-5-15(22)18(11)23-19/h3-7,25,29H,2,8-10,22H2,1H3,(H,26,27). The number of aliphatic hydroxyl groups is 2. The van der Waals surface area contributed by atoms with Gasteiger partial charge in [-0.05, 0) is 30.2 Å². The largest absolute Gasteiger partial charge is 0.481 e. The molecule has 8 nitrogen and oxygen atoms in total. The molecule has 4 rings (SSSR count). The van der Waals surface area contributed by atoms with Gasteiger partial charge >= 0.3 is 5.97 Å². The number of benzene rings is 1. The molecule has 29 heavy (non-hydrogen) atoms. The minimum Gasteiger partial charge on any atom is -0.481 e. The number of aliphatic hydroxyl groups excluding tert-OH is 1. The van der Waals surface area contributed by atoms with E-state index in [0.29, 0.717) is 22.6 Å². The third-order valence-corrected chi connectivity index (χ3v) is 5.62. The molecule has 1 atom stereocenters. The fourth-order valence-corrected chi connectivity index (χ4v) is 4.05. The fraction of sp³-hybridized carbons (Fsp3) is 0.286. The monoisotopic (exact) mass is 395 g/mol. The molecular formula is C21H21N3O5. The summed E-state index contributed by atoms with van der Waals surface area (Å²) < 4.78 is 1.48. The summed E-state index contributed by atoms with van der Waals surface area (Å²) in [6.45, 7) is 1.31. The number of rotatable bonds is 5. The molecule has 0 bridgehead atoms. The molecule has 0 spiro atoms. The summed E-state index contributed by atoms with van der Waals surface area (Å²) in [5.74, 6) is -1.20. The smallest absolute Gasteiger partial charge is 0.306 e. The van der Waals surface area contributed by atoms with E-state index in [2.05, 4.69) is 4.98 Å². The lowest BCUT2D eigenvalue weighted by Gasteiger charge is -2.28. The summed E-state index contributed by atoms with van der Waals surface area (Å²) in [5, 5.41) is 30.9. The van der Waals surface area contributed by atoms with Crippen LogP contribution in [0.3, 0.4) is 0 Å². The number of pyridine rings is 2. The molecule has 0 fully saturated rings. The zero-order chi connectivity index (χ0) is 20.9. The molecular weight excluding hydrogens is 374 g/mol. The molecule has 0 saturated carbocycles. The first kappa shape index (κ1) is 19.1. The number of carboxylic acid groups (broad SMARTS) is 1. The van der Waals surface area contributed by atoms with Gasteiger partial charge in [-0.15, -0.1) is 0 Å². The number of para-hydroxylation sites is 1. The topological polar surface area (TPSA) is 139 Å². The van der Waals surface area contributed by atoms with E-state index in [-0.39, 0.29) is 24.1 Å². The van der Waals surface area contributed by atoms with Gasteiger partial charge in [-0.2, -0.15) is 0 Å². The lowest BCUT2D eigenvalue weighted by Crippen LogP contribution is -2.34. The lowest BCUT2D eigenvalue weighted by molar-refractivity contribution is -0.143. The van der Waals surface area contributed by atoms with E-state index in [4.69, 9.17) is 5.73 Å². The van der Waals surface area contributed by atoms with Gasteiger partial charge in [-0.1, -0.05) is 19.1 Å². The highest BCUT2D eigenvalue weighted by atomic mass is 16.4. The molecule has 0 aliphatic carbocycles. The summed E-state index contributed by atoms with van der Waals surface area (Å²) in [6.07, 6.45) is -0.509. The quantitative estimate of drug-likeness (QED) is 0.376. The van der Waals surface area contributed by atoms with Gasteiger partial charge < -0.3 is 25.6 Å². The van der Waals surface area contributed by atoms with Crippen molar-refractivity contribution in [1.82, 2.24) is 9.55 Å². The average molecular weight is 395 g/mol. The van der Waals surface area contributed by atoms with Crippen LogP contribution in [0.25, 0.3) is 22.3 Å². The number of nitrogen functional groups attached to an aromatic ring is 1. The van der Waals surface area contributed by atoms with Gasteiger partial charge in [-0.25, -0.2) is 4.98 Å². The molecule has 3 heterocycles. The number of hydrogen-bond acceptors (Lipinski definition) is 6. The Morgan fingerprint density at radius 1 is 1.34 bits per heavy atom. The Labute approximate surface area is 165 Å². The zero-order valence-electron chi connectivity index (χ0n) is 15.8. The minimum atomic E-state index is -1.78. The van der Waals surface area contributed by atoms with Crippen LogP contribution >= 0.6 is 0 Å². The van der Waals surface area contributed by atoms with E-state index in [1.807, 2.05) is 18.2 Å². The Morgan fingerprint density at radius 2 is 2.10 bits per heavy atom. The molecule has 1 unspecified atom stereocenters. The number of aromatic nitrogens is 2. The van der Waals surface area contributed by atoms with Gasteiger partial charge in [0.2, 0.25) is 0 Å². The summed E-state index contributed by atoms with van der Waals surface area (Å²) in [5.41, 5.74) is 6.89. The first-order valence-corrected chi connectivity index (χ1v) is 9.29. The van der Waals surface area contributed by atoms with Crippen molar-refractivity contribution in [2.24, 2.45) is 0 Å². The molecule has 0 amide bonds. The Balaban J connectivity index is 2.00. The van der Waals surface area contributed by atoms with Crippen LogP contribution in [-0.2, 0) is 23.5 Å². The SMILES string of the molecule is CCC(O)(CC(=O)O)c1cc2n(c(=O)c1CO)Cc1cc3cccc(N)c3nc1-2. The normalized spacial score (nSPS) is 14.4. The molecule has 0 radical (unpaired) electrons. The Kier molecular flexibility index (Phi) is 4.40. The van der Waals surface area contributed by atoms with Gasteiger partial charge in [-0.3, -0.25) is 9.59 Å². The van der Waals surface area contributed by atoms with E-state index in [1.165, 1.54) is 4.57 Å². The summed E-state index contributed by atoms with van der Waals surface area (Å²) in [7, 11) is 0. The Morgan fingerprint density at radius 3 is 2.76 bits per heavy atom. The van der Waals surface area contributed by atoms with Gasteiger partial charge in [0.1, 0.15) is 5.60 Å². The number of nitrogens with zero attached hydrogens (tertiary/aromatic N) is 2. The molecule has 150 valence electrons. The number of carboxylic acids is 1. The average Bonchev–Trinajstić information content (AvgIpc) is 3.04. The highest BCUT2D eigenvalue weighted by Gasteiger charge is 2.36. The van der Waals surface area contributed by atoms with E-state index in [0.717, 1.165) is 10.9 Å². The summed E-state index contributed by atoms with van der Waals surface area (Å²) >= 11 is 0. The van der Waals surface area contributed by atoms with Crippen LogP contribution in [0.1, 0.15) is 36.5 Å². The van der Waals surface area contributed by atoms with Crippen LogP contribution in [0.4, 0.5) is 5.69 Å². The minimum absolute atomic E-state index is 0.00350. The third-order valence-electron chi connectivity index (χ3n) is 5.62. The maximum absolute atomic E-state index is 13.1. The van der Waals surface area contributed by atoms with Gasteiger partial charge in [0.25, 0.3) is 5.56 Å². The van der Waals surface area contributed by atoms with Crippen molar-refractivity contribution in [3.63, 3.8) is 0 Å². The van der Waals surface area contributed by atoms with Gasteiger partial charge in [0, 0.05) is 16.5 Å². The molecule has 5 N–H and O–H groups in total. The number of hydrogen-bond donors (Lipinski definition) is 4. The van der Waals surface area contributed by atoms with E-state index >= 15 is 0 Å². The van der Waals surface area contributed by atoms with Crippen molar-refractivity contribution < 1.29 is 20.1 Å². The Bertz CT molecular complexity index is 1220. The highest BCUT2D eigenvalue weighted by Crippen LogP contribution is 2.37. The second-order valence-electron chi connectivity index (χ2n) is 7.34. The maximum atomic E-state index is 13.1. The van der Waals surface area contributed by atoms with Crippen LogP contribution in [0, 0.1) is 0 Å². The second-order valence-corrected chi connectivity index (χ2v) is 7.34.